The van der Waals surface area contributed by atoms with Crippen molar-refractivity contribution in [1.82, 2.24) is 0 Å². The van der Waals surface area contributed by atoms with E-state index in [1.807, 2.05) is 32.0 Å². The Kier molecular flexibility index (Phi) is 7.25. The minimum absolute atomic E-state index is 0.0445. The lowest BCUT2D eigenvalue weighted by Gasteiger charge is -2.11. The van der Waals surface area contributed by atoms with Crippen LogP contribution >= 0.6 is 11.3 Å². The molecular formula is C22H24N2O4S. The Labute approximate surface area is 174 Å². The van der Waals surface area contributed by atoms with Gasteiger partial charge in [-0.05, 0) is 68.9 Å². The monoisotopic (exact) mass is 412 g/mol. The van der Waals surface area contributed by atoms with Crippen molar-refractivity contribution in [3.8, 4) is 17.6 Å². The lowest BCUT2D eigenvalue weighted by atomic mass is 9.95. The Hall–Kier alpha value is -2.85. The summed E-state index contributed by atoms with van der Waals surface area (Å²) in [6, 6.07) is 7.37. The van der Waals surface area contributed by atoms with Crippen LogP contribution in [0.15, 0.2) is 23.2 Å². The highest BCUT2D eigenvalue weighted by Gasteiger charge is 2.26. The number of carbonyl (C=O) groups excluding carboxylic acids is 1. The second-order valence-electron chi connectivity index (χ2n) is 6.46. The van der Waals surface area contributed by atoms with E-state index in [1.165, 1.54) is 4.88 Å². The lowest BCUT2D eigenvalue weighted by Crippen LogP contribution is -2.09. The van der Waals surface area contributed by atoms with Gasteiger partial charge in [-0.2, -0.15) is 5.26 Å². The third-order valence-electron chi connectivity index (χ3n) is 4.52. The van der Waals surface area contributed by atoms with Gasteiger partial charge < -0.3 is 14.2 Å². The SMILES string of the molecule is CCOC(=O)c1c(N=Cc2ccc(OCC#N)c(OCC)c2)sc2c1CCCC2. The molecular weight excluding hydrogens is 388 g/mol. The molecule has 0 amide bonds. The topological polar surface area (TPSA) is 80.9 Å². The van der Waals surface area contributed by atoms with E-state index < -0.39 is 0 Å². The van der Waals surface area contributed by atoms with Gasteiger partial charge in [0.05, 0.1) is 18.8 Å². The predicted octanol–water partition coefficient (Wildman–Crippen LogP) is 4.86. The fourth-order valence-corrected chi connectivity index (χ4v) is 4.51. The number of aryl methyl sites for hydroxylation is 1. The average Bonchev–Trinajstić information content (AvgIpc) is 3.10. The van der Waals surface area contributed by atoms with Gasteiger partial charge in [0.15, 0.2) is 18.1 Å². The summed E-state index contributed by atoms with van der Waals surface area (Å²) in [5, 5.41) is 9.41. The number of aliphatic imine (C=N–C) groups is 1. The normalized spacial score (nSPS) is 13.0. The van der Waals surface area contributed by atoms with Crippen molar-refractivity contribution in [2.24, 2.45) is 4.99 Å². The Morgan fingerprint density at radius 3 is 2.79 bits per heavy atom. The van der Waals surface area contributed by atoms with E-state index in [4.69, 9.17) is 19.5 Å². The first-order valence-electron chi connectivity index (χ1n) is 9.80. The van der Waals surface area contributed by atoms with Crippen LogP contribution in [0.1, 0.15) is 53.1 Å². The molecule has 0 aliphatic heterocycles. The number of ether oxygens (including phenoxy) is 3. The van der Waals surface area contributed by atoms with Crippen molar-refractivity contribution in [3.63, 3.8) is 0 Å². The summed E-state index contributed by atoms with van der Waals surface area (Å²) in [6.45, 7) is 4.47. The molecule has 152 valence electrons. The van der Waals surface area contributed by atoms with Gasteiger partial charge in [-0.1, -0.05) is 0 Å². The standard InChI is InChI=1S/C22H24N2O4S/c1-3-26-18-13-15(9-10-17(18)28-12-11-23)14-24-21-20(22(25)27-4-2)16-7-5-6-8-19(16)29-21/h9-10,13-14H,3-8,12H2,1-2H3. The summed E-state index contributed by atoms with van der Waals surface area (Å²) in [6.07, 6.45) is 5.83. The highest BCUT2D eigenvalue weighted by Crippen LogP contribution is 2.40. The summed E-state index contributed by atoms with van der Waals surface area (Å²) in [5.41, 5.74) is 2.53. The zero-order valence-corrected chi connectivity index (χ0v) is 17.5. The maximum atomic E-state index is 12.5. The van der Waals surface area contributed by atoms with Gasteiger partial charge in [0.25, 0.3) is 0 Å². The minimum atomic E-state index is -0.297. The number of hydrogen-bond acceptors (Lipinski definition) is 7. The fraction of sp³-hybridized carbons (Fsp3) is 0.409. The first kappa shape index (κ1) is 20.9. The number of hydrogen-bond donors (Lipinski definition) is 0. The second kappa shape index (κ2) is 10.1. The van der Waals surface area contributed by atoms with Crippen molar-refractivity contribution < 1.29 is 19.0 Å². The number of thiophene rings is 1. The first-order chi connectivity index (χ1) is 14.2. The third kappa shape index (κ3) is 4.96. The molecule has 1 heterocycles. The number of nitriles is 1. The molecule has 0 saturated carbocycles. The molecule has 0 fully saturated rings. The van der Waals surface area contributed by atoms with Crippen molar-refractivity contribution in [1.29, 1.82) is 5.26 Å². The Morgan fingerprint density at radius 1 is 1.21 bits per heavy atom. The number of fused-ring (bicyclic) bond motifs is 1. The quantitative estimate of drug-likeness (QED) is 0.457. The Morgan fingerprint density at radius 2 is 2.03 bits per heavy atom. The van der Waals surface area contributed by atoms with Crippen LogP contribution in [0.3, 0.4) is 0 Å². The molecule has 0 bridgehead atoms. The Bertz CT molecular complexity index is 943. The number of nitrogens with zero attached hydrogens (tertiary/aromatic N) is 2. The van der Waals surface area contributed by atoms with Crippen LogP contribution in [0, 0.1) is 11.3 Å². The van der Waals surface area contributed by atoms with E-state index in [2.05, 4.69) is 4.99 Å². The molecule has 1 aliphatic rings. The molecule has 1 aliphatic carbocycles. The lowest BCUT2D eigenvalue weighted by molar-refractivity contribution is 0.0526. The molecule has 2 aromatic rings. The van der Waals surface area contributed by atoms with E-state index in [1.54, 1.807) is 23.6 Å². The number of carbonyl (C=O) groups is 1. The van der Waals surface area contributed by atoms with Crippen LogP contribution in [-0.4, -0.2) is 32.0 Å². The number of esters is 1. The van der Waals surface area contributed by atoms with E-state index in [0.29, 0.717) is 35.3 Å². The molecule has 0 saturated heterocycles. The third-order valence-corrected chi connectivity index (χ3v) is 5.72. The van der Waals surface area contributed by atoms with Crippen molar-refractivity contribution in [2.75, 3.05) is 19.8 Å². The summed E-state index contributed by atoms with van der Waals surface area (Å²) in [7, 11) is 0. The summed E-state index contributed by atoms with van der Waals surface area (Å²) in [4.78, 5) is 18.4. The summed E-state index contributed by atoms with van der Waals surface area (Å²) >= 11 is 1.57. The number of rotatable bonds is 8. The smallest absolute Gasteiger partial charge is 0.341 e. The van der Waals surface area contributed by atoms with Gasteiger partial charge in [-0.15, -0.1) is 11.3 Å². The van der Waals surface area contributed by atoms with E-state index in [0.717, 1.165) is 36.8 Å². The molecule has 6 nitrogen and oxygen atoms in total. The van der Waals surface area contributed by atoms with Gasteiger partial charge >= 0.3 is 5.97 Å². The van der Waals surface area contributed by atoms with E-state index in [9.17, 15) is 4.79 Å². The van der Waals surface area contributed by atoms with Crippen LogP contribution in [0.2, 0.25) is 0 Å². The van der Waals surface area contributed by atoms with Crippen LogP contribution in [0.5, 0.6) is 11.5 Å². The van der Waals surface area contributed by atoms with Gasteiger partial charge in [-0.25, -0.2) is 9.79 Å². The molecule has 0 spiro atoms. The van der Waals surface area contributed by atoms with Crippen molar-refractivity contribution in [3.05, 3.63) is 39.8 Å². The van der Waals surface area contributed by atoms with Crippen LogP contribution in [-0.2, 0) is 17.6 Å². The number of benzene rings is 1. The van der Waals surface area contributed by atoms with Crippen LogP contribution in [0.4, 0.5) is 5.00 Å². The predicted molar refractivity (Wildman–Crippen MR) is 113 cm³/mol. The van der Waals surface area contributed by atoms with Crippen molar-refractivity contribution in [2.45, 2.75) is 39.5 Å². The molecule has 0 radical (unpaired) electrons. The zero-order chi connectivity index (χ0) is 20.6. The van der Waals surface area contributed by atoms with Crippen LogP contribution < -0.4 is 9.47 Å². The van der Waals surface area contributed by atoms with E-state index >= 15 is 0 Å². The molecule has 3 rings (SSSR count). The van der Waals surface area contributed by atoms with Gasteiger partial charge in [0.2, 0.25) is 0 Å². The molecule has 7 heteroatoms. The maximum Gasteiger partial charge on any atom is 0.341 e. The highest BCUT2D eigenvalue weighted by molar-refractivity contribution is 7.16. The molecule has 1 aromatic carbocycles. The Balaban J connectivity index is 1.91. The molecule has 0 unspecified atom stereocenters. The van der Waals surface area contributed by atoms with Gasteiger partial charge in [0.1, 0.15) is 11.1 Å². The average molecular weight is 413 g/mol. The largest absolute Gasteiger partial charge is 0.490 e. The van der Waals surface area contributed by atoms with Crippen LogP contribution in [0.25, 0.3) is 0 Å². The molecule has 0 N–H and O–H groups in total. The van der Waals surface area contributed by atoms with E-state index in [-0.39, 0.29) is 12.6 Å². The zero-order valence-electron chi connectivity index (χ0n) is 16.7. The van der Waals surface area contributed by atoms with Crippen molar-refractivity contribution >= 4 is 28.5 Å². The molecule has 0 atom stereocenters. The maximum absolute atomic E-state index is 12.5. The first-order valence-corrected chi connectivity index (χ1v) is 10.6. The summed E-state index contributed by atoms with van der Waals surface area (Å²) in [5.74, 6) is 0.779. The second-order valence-corrected chi connectivity index (χ2v) is 7.54. The van der Waals surface area contributed by atoms with Gasteiger partial charge in [-0.3, -0.25) is 0 Å². The summed E-state index contributed by atoms with van der Waals surface area (Å²) < 4.78 is 16.3. The molecule has 29 heavy (non-hydrogen) atoms. The fourth-order valence-electron chi connectivity index (χ4n) is 3.29. The van der Waals surface area contributed by atoms with Gasteiger partial charge in [0, 0.05) is 11.1 Å². The highest BCUT2D eigenvalue weighted by atomic mass is 32.1. The molecule has 1 aromatic heterocycles. The minimum Gasteiger partial charge on any atom is -0.490 e.